The number of hydrogen-bond donors (Lipinski definition) is 1. The van der Waals surface area contributed by atoms with Gasteiger partial charge >= 0.3 is 0 Å². The van der Waals surface area contributed by atoms with Crippen molar-refractivity contribution in [2.24, 2.45) is 5.92 Å². The molecule has 0 amide bonds. The maximum absolute atomic E-state index is 5.00. The Morgan fingerprint density at radius 2 is 2.13 bits per heavy atom. The highest BCUT2D eigenvalue weighted by Gasteiger charge is 2.35. The number of piperazine rings is 1. The van der Waals surface area contributed by atoms with Crippen molar-refractivity contribution in [2.45, 2.75) is 52.0 Å². The van der Waals surface area contributed by atoms with Gasteiger partial charge in [-0.3, -0.25) is 9.80 Å². The topological polar surface area (TPSA) is 60.4 Å². The fourth-order valence-corrected chi connectivity index (χ4v) is 5.61. The minimum absolute atomic E-state index is 0.626. The second-order valence-corrected chi connectivity index (χ2v) is 10.1. The highest BCUT2D eigenvalue weighted by atomic mass is 32.1. The quantitative estimate of drug-likeness (QED) is 0.723. The summed E-state index contributed by atoms with van der Waals surface area (Å²) >= 11 is 1.46. The Morgan fingerprint density at radius 3 is 2.87 bits per heavy atom. The van der Waals surface area contributed by atoms with Crippen LogP contribution in [0.25, 0.3) is 0 Å². The van der Waals surface area contributed by atoms with E-state index in [0.717, 1.165) is 48.2 Å². The van der Waals surface area contributed by atoms with E-state index in [1.165, 1.54) is 56.0 Å². The van der Waals surface area contributed by atoms with Gasteiger partial charge in [0.25, 0.3) is 0 Å². The highest BCUT2D eigenvalue weighted by Crippen LogP contribution is 2.44. The molecule has 2 aromatic heterocycles. The molecule has 0 spiro atoms. The van der Waals surface area contributed by atoms with Crippen LogP contribution in [0.1, 0.15) is 50.3 Å². The fourth-order valence-electron chi connectivity index (χ4n) is 4.96. The van der Waals surface area contributed by atoms with E-state index in [1.54, 1.807) is 0 Å². The van der Waals surface area contributed by atoms with Gasteiger partial charge in [0, 0.05) is 50.5 Å². The lowest BCUT2D eigenvalue weighted by molar-refractivity contribution is 0.104. The molecule has 3 aliphatic rings. The van der Waals surface area contributed by atoms with Crippen molar-refractivity contribution in [1.29, 1.82) is 0 Å². The summed E-state index contributed by atoms with van der Waals surface area (Å²) in [6, 6.07) is 2.77. The summed E-state index contributed by atoms with van der Waals surface area (Å²) in [5, 5.41) is 4.35. The van der Waals surface area contributed by atoms with E-state index in [2.05, 4.69) is 49.4 Å². The van der Waals surface area contributed by atoms with Crippen molar-refractivity contribution in [3.8, 4) is 0 Å². The third-order valence-electron chi connectivity index (χ3n) is 6.64. The van der Waals surface area contributed by atoms with Gasteiger partial charge in [0.05, 0.1) is 12.4 Å². The van der Waals surface area contributed by atoms with Crippen LogP contribution >= 0.6 is 11.5 Å². The first kappa shape index (κ1) is 20.2. The molecule has 3 fully saturated rings. The second kappa shape index (κ2) is 8.40. The first-order chi connectivity index (χ1) is 14.6. The lowest BCUT2D eigenvalue weighted by atomic mass is 10.1. The summed E-state index contributed by atoms with van der Waals surface area (Å²) in [5.41, 5.74) is 2.34. The normalized spacial score (nSPS) is 24.8. The van der Waals surface area contributed by atoms with E-state index in [1.807, 2.05) is 13.0 Å². The number of hydrogen-bond acceptors (Lipinski definition) is 8. The minimum Gasteiger partial charge on any atom is -0.343 e. The van der Waals surface area contributed by atoms with Crippen LogP contribution in [0.5, 0.6) is 0 Å². The zero-order valence-corrected chi connectivity index (χ0v) is 19.2. The van der Waals surface area contributed by atoms with E-state index in [-0.39, 0.29) is 0 Å². The van der Waals surface area contributed by atoms with Gasteiger partial charge in [0.1, 0.15) is 10.8 Å². The molecule has 0 bridgehead atoms. The van der Waals surface area contributed by atoms with Gasteiger partial charge in [-0.05, 0) is 62.5 Å². The zero-order valence-electron chi connectivity index (χ0n) is 18.3. The molecule has 2 saturated heterocycles. The Morgan fingerprint density at radius 1 is 1.27 bits per heavy atom. The number of nitrogens with zero attached hydrogens (tertiary/aromatic N) is 6. The molecule has 1 aliphatic carbocycles. The van der Waals surface area contributed by atoms with E-state index in [9.17, 15) is 0 Å². The van der Waals surface area contributed by atoms with Gasteiger partial charge in [0.15, 0.2) is 0 Å². The first-order valence-electron chi connectivity index (χ1n) is 11.4. The van der Waals surface area contributed by atoms with Gasteiger partial charge < -0.3 is 10.2 Å². The molecule has 8 heteroatoms. The monoisotopic (exact) mass is 427 g/mol. The van der Waals surface area contributed by atoms with E-state index in [0.29, 0.717) is 11.9 Å². The molecule has 4 heterocycles. The fraction of sp³-hybridized carbons (Fsp3) is 0.682. The predicted molar refractivity (Wildman–Crippen MR) is 123 cm³/mol. The van der Waals surface area contributed by atoms with E-state index >= 15 is 0 Å². The average molecular weight is 428 g/mol. The Kier molecular flexibility index (Phi) is 5.64. The Labute approximate surface area is 183 Å². The molecule has 0 aromatic carbocycles. The molecule has 7 nitrogen and oxygen atoms in total. The number of nitrogens with one attached hydrogen (secondary N) is 1. The van der Waals surface area contributed by atoms with Crippen LogP contribution in [0, 0.1) is 12.8 Å². The number of fused-ring (bicyclic) bond motifs is 1. The van der Waals surface area contributed by atoms with Crippen LogP contribution < -0.4 is 10.2 Å². The molecular weight excluding hydrogens is 394 g/mol. The predicted octanol–water partition coefficient (Wildman–Crippen LogP) is 3.67. The molecular formula is C22H33N7S. The summed E-state index contributed by atoms with van der Waals surface area (Å²) in [4.78, 5) is 17.4. The van der Waals surface area contributed by atoms with Crippen molar-refractivity contribution in [2.75, 3.05) is 49.6 Å². The molecule has 1 N–H and O–H groups in total. The maximum atomic E-state index is 5.00. The largest absolute Gasteiger partial charge is 0.343 e. The van der Waals surface area contributed by atoms with Gasteiger partial charge in [-0.25, -0.2) is 4.98 Å². The summed E-state index contributed by atoms with van der Waals surface area (Å²) in [5.74, 6) is 3.25. The van der Waals surface area contributed by atoms with Crippen LogP contribution in [0.2, 0.25) is 0 Å². The highest BCUT2D eigenvalue weighted by molar-refractivity contribution is 7.10. The minimum atomic E-state index is 0.626. The summed E-state index contributed by atoms with van der Waals surface area (Å²) in [7, 11) is 0. The lowest BCUT2D eigenvalue weighted by Crippen LogP contribution is -2.53. The molecule has 30 heavy (non-hydrogen) atoms. The molecule has 2 aromatic rings. The van der Waals surface area contributed by atoms with Gasteiger partial charge in [-0.2, -0.15) is 9.36 Å². The van der Waals surface area contributed by atoms with Crippen LogP contribution in [-0.2, 0) is 0 Å². The van der Waals surface area contributed by atoms with Crippen molar-refractivity contribution in [3.63, 3.8) is 0 Å². The zero-order chi connectivity index (χ0) is 20.7. The number of rotatable bonds is 7. The molecule has 0 radical (unpaired) electrons. The molecule has 162 valence electrons. The van der Waals surface area contributed by atoms with Crippen LogP contribution in [-0.4, -0.2) is 69.6 Å². The van der Waals surface area contributed by atoms with Gasteiger partial charge in [-0.1, -0.05) is 6.92 Å². The molecule has 2 aliphatic heterocycles. The van der Waals surface area contributed by atoms with Crippen molar-refractivity contribution < 1.29 is 0 Å². The van der Waals surface area contributed by atoms with E-state index in [4.69, 9.17) is 4.98 Å². The molecule has 1 saturated carbocycles. The van der Waals surface area contributed by atoms with Crippen LogP contribution in [0.3, 0.4) is 0 Å². The Hall–Kier alpha value is -1.77. The van der Waals surface area contributed by atoms with Crippen LogP contribution in [0.4, 0.5) is 16.8 Å². The van der Waals surface area contributed by atoms with Crippen molar-refractivity contribution in [1.82, 2.24) is 24.1 Å². The van der Waals surface area contributed by atoms with Gasteiger partial charge in [0.2, 0.25) is 5.95 Å². The number of anilines is 3. The molecule has 2 atom stereocenters. The third-order valence-corrected chi connectivity index (χ3v) is 7.43. The summed E-state index contributed by atoms with van der Waals surface area (Å²) in [6.07, 6.45) is 5.90. The summed E-state index contributed by atoms with van der Waals surface area (Å²) in [6.45, 7) is 13.3. The third kappa shape index (κ3) is 4.31. The number of aryl methyl sites for hydroxylation is 1. The lowest BCUT2D eigenvalue weighted by Gasteiger charge is -2.40. The molecule has 2 unspecified atom stereocenters. The maximum Gasteiger partial charge on any atom is 0.229 e. The number of aromatic nitrogens is 3. The SMILES string of the molecule is CCN(CN1CCN2CC(C)CC2C1)c1nc(Nc2cc(C)ns2)ncc1C1CC1. The van der Waals surface area contributed by atoms with Crippen molar-refractivity contribution in [3.05, 3.63) is 23.5 Å². The standard InChI is InChI=1S/C22H33N7S/c1-4-28(14-27-7-8-29-12-15(2)9-18(29)13-27)21-19(17-5-6-17)11-23-22(25-21)24-20-10-16(3)26-30-20/h10-11,15,17-18H,4-9,12-14H2,1-3H3,(H,23,24,25). The second-order valence-electron chi connectivity index (χ2n) is 9.27. The smallest absolute Gasteiger partial charge is 0.229 e. The van der Waals surface area contributed by atoms with Gasteiger partial charge in [-0.15, -0.1) is 0 Å². The van der Waals surface area contributed by atoms with Crippen LogP contribution in [0.15, 0.2) is 12.3 Å². The average Bonchev–Trinajstić information content (AvgIpc) is 3.39. The Bertz CT molecular complexity index is 880. The molecule has 5 rings (SSSR count). The Balaban J connectivity index is 1.34. The summed E-state index contributed by atoms with van der Waals surface area (Å²) < 4.78 is 4.35. The first-order valence-corrected chi connectivity index (χ1v) is 12.1. The van der Waals surface area contributed by atoms with E-state index < -0.39 is 0 Å². The van der Waals surface area contributed by atoms with Crippen molar-refractivity contribution >= 4 is 28.3 Å².